The van der Waals surface area contributed by atoms with E-state index in [0.29, 0.717) is 0 Å². The monoisotopic (exact) mass is 312 g/mol. The number of likely N-dealkylation sites (N-methyl/N-ethyl adjacent to an activating group) is 1. The molecular formula is C14H21BrN2O. The Morgan fingerprint density at radius 3 is 2.50 bits per heavy atom. The fraction of sp³-hybridized carbons (Fsp3) is 0.571. The van der Waals surface area contributed by atoms with E-state index in [2.05, 4.69) is 70.9 Å². The second-order valence-electron chi connectivity index (χ2n) is 5.62. The molecule has 1 saturated heterocycles. The second-order valence-corrected chi connectivity index (χ2v) is 6.53. The van der Waals surface area contributed by atoms with Crippen molar-refractivity contribution < 1.29 is 5.11 Å². The Morgan fingerprint density at radius 2 is 1.94 bits per heavy atom. The fourth-order valence-corrected chi connectivity index (χ4v) is 2.81. The minimum atomic E-state index is 0.0682. The molecule has 0 aliphatic carbocycles. The summed E-state index contributed by atoms with van der Waals surface area (Å²) in [5.41, 5.74) is 1.29. The Kier molecular flexibility index (Phi) is 3.99. The van der Waals surface area contributed by atoms with Crippen molar-refractivity contribution in [1.82, 2.24) is 4.90 Å². The van der Waals surface area contributed by atoms with Gasteiger partial charge in [-0.25, -0.2) is 0 Å². The zero-order valence-electron chi connectivity index (χ0n) is 11.2. The lowest BCUT2D eigenvalue weighted by Crippen LogP contribution is -2.63. The van der Waals surface area contributed by atoms with Gasteiger partial charge in [-0.05, 0) is 45.2 Å². The molecule has 0 saturated carbocycles. The van der Waals surface area contributed by atoms with Crippen molar-refractivity contribution in [3.8, 4) is 0 Å². The van der Waals surface area contributed by atoms with Gasteiger partial charge in [0, 0.05) is 28.8 Å². The smallest absolute Gasteiger partial charge is 0.0604 e. The van der Waals surface area contributed by atoms with E-state index in [0.717, 1.165) is 17.6 Å². The van der Waals surface area contributed by atoms with E-state index in [4.69, 9.17) is 0 Å². The molecule has 1 heterocycles. The Balaban J connectivity index is 2.22. The number of halogens is 1. The maximum atomic E-state index is 9.53. The van der Waals surface area contributed by atoms with E-state index in [-0.39, 0.29) is 18.2 Å². The van der Waals surface area contributed by atoms with Gasteiger partial charge in [0.1, 0.15) is 0 Å². The molecule has 18 heavy (non-hydrogen) atoms. The van der Waals surface area contributed by atoms with Crippen LogP contribution in [0.5, 0.6) is 0 Å². The number of piperazine rings is 1. The summed E-state index contributed by atoms with van der Waals surface area (Å²) in [5.74, 6) is 0. The van der Waals surface area contributed by atoms with Crippen LogP contribution in [0.25, 0.3) is 0 Å². The lowest BCUT2D eigenvalue weighted by molar-refractivity contribution is 0.0455. The standard InChI is InChI=1S/C14H21BrN2O/c1-14(2)10-17(8-13(9-18)16(14)3)12-6-4-11(15)5-7-12/h4-7,13,18H,8-10H2,1-3H3. The normalized spacial score (nSPS) is 24.3. The first kappa shape index (κ1) is 13.8. The van der Waals surface area contributed by atoms with Crippen LogP contribution in [0.4, 0.5) is 5.69 Å². The average molecular weight is 313 g/mol. The van der Waals surface area contributed by atoms with Crippen LogP contribution < -0.4 is 4.90 Å². The van der Waals surface area contributed by atoms with Crippen molar-refractivity contribution >= 4 is 21.6 Å². The van der Waals surface area contributed by atoms with Crippen LogP contribution in [-0.4, -0.2) is 48.3 Å². The number of aliphatic hydroxyl groups is 1. The Labute approximate surface area is 118 Å². The minimum absolute atomic E-state index is 0.0682. The predicted octanol–water partition coefficient (Wildman–Crippen LogP) is 2.34. The molecule has 1 aliphatic heterocycles. The number of aliphatic hydroxyl groups excluding tert-OH is 1. The molecule has 1 aromatic rings. The van der Waals surface area contributed by atoms with Gasteiger partial charge in [0.05, 0.1) is 12.6 Å². The summed E-state index contributed by atoms with van der Waals surface area (Å²) >= 11 is 3.46. The molecule has 1 atom stereocenters. The van der Waals surface area contributed by atoms with Gasteiger partial charge in [-0.2, -0.15) is 0 Å². The van der Waals surface area contributed by atoms with Crippen LogP contribution in [0.15, 0.2) is 28.7 Å². The third-order valence-corrected chi connectivity index (χ3v) is 4.44. The molecule has 2 rings (SSSR count). The van der Waals surface area contributed by atoms with E-state index in [9.17, 15) is 5.11 Å². The second kappa shape index (κ2) is 5.19. The first-order valence-electron chi connectivity index (χ1n) is 6.28. The summed E-state index contributed by atoms with van der Waals surface area (Å²) in [6, 6.07) is 8.57. The molecule has 0 bridgehead atoms. The van der Waals surface area contributed by atoms with Crippen LogP contribution in [0.3, 0.4) is 0 Å². The van der Waals surface area contributed by atoms with Gasteiger partial charge in [-0.15, -0.1) is 0 Å². The number of anilines is 1. The molecular weight excluding hydrogens is 292 g/mol. The van der Waals surface area contributed by atoms with Gasteiger partial charge < -0.3 is 10.0 Å². The van der Waals surface area contributed by atoms with E-state index in [1.165, 1.54) is 5.69 Å². The van der Waals surface area contributed by atoms with Crippen LogP contribution in [0, 0.1) is 0 Å². The van der Waals surface area contributed by atoms with E-state index in [1.807, 2.05) is 0 Å². The highest BCUT2D eigenvalue weighted by molar-refractivity contribution is 9.10. The van der Waals surface area contributed by atoms with Crippen LogP contribution >= 0.6 is 15.9 Å². The van der Waals surface area contributed by atoms with Gasteiger partial charge in [0.15, 0.2) is 0 Å². The SMILES string of the molecule is CN1C(CO)CN(c2ccc(Br)cc2)CC1(C)C. The zero-order chi connectivity index (χ0) is 13.3. The fourth-order valence-electron chi connectivity index (χ4n) is 2.54. The summed E-state index contributed by atoms with van der Waals surface area (Å²) in [5, 5.41) is 9.53. The summed E-state index contributed by atoms with van der Waals surface area (Å²) < 4.78 is 1.10. The molecule has 0 spiro atoms. The zero-order valence-corrected chi connectivity index (χ0v) is 12.8. The van der Waals surface area contributed by atoms with E-state index >= 15 is 0 Å². The molecule has 1 unspecified atom stereocenters. The number of hydrogen-bond acceptors (Lipinski definition) is 3. The summed E-state index contributed by atoms with van der Waals surface area (Å²) in [4.78, 5) is 4.63. The van der Waals surface area contributed by atoms with E-state index < -0.39 is 0 Å². The van der Waals surface area contributed by atoms with Crippen LogP contribution in [0.2, 0.25) is 0 Å². The van der Waals surface area contributed by atoms with Gasteiger partial charge in [-0.3, -0.25) is 4.90 Å². The molecule has 1 N–H and O–H groups in total. The van der Waals surface area contributed by atoms with Gasteiger partial charge in [0.2, 0.25) is 0 Å². The van der Waals surface area contributed by atoms with E-state index in [1.54, 1.807) is 0 Å². The first-order chi connectivity index (χ1) is 8.44. The van der Waals surface area contributed by atoms with Crippen molar-refractivity contribution in [3.63, 3.8) is 0 Å². The summed E-state index contributed by atoms with van der Waals surface area (Å²) in [6.07, 6.45) is 0. The molecule has 3 nitrogen and oxygen atoms in total. The Hall–Kier alpha value is -0.580. The molecule has 1 fully saturated rings. The molecule has 0 amide bonds. The molecule has 100 valence electrons. The first-order valence-corrected chi connectivity index (χ1v) is 7.07. The number of hydrogen-bond donors (Lipinski definition) is 1. The third-order valence-electron chi connectivity index (χ3n) is 3.91. The summed E-state index contributed by atoms with van der Waals surface area (Å²) in [6.45, 7) is 6.49. The topological polar surface area (TPSA) is 26.7 Å². The lowest BCUT2D eigenvalue weighted by Gasteiger charge is -2.50. The van der Waals surface area contributed by atoms with Crippen LogP contribution in [0.1, 0.15) is 13.8 Å². The Bertz CT molecular complexity index is 405. The van der Waals surface area contributed by atoms with Gasteiger partial charge in [-0.1, -0.05) is 15.9 Å². The summed E-state index contributed by atoms with van der Waals surface area (Å²) in [7, 11) is 2.10. The quantitative estimate of drug-likeness (QED) is 0.908. The molecule has 1 aliphatic rings. The number of nitrogens with zero attached hydrogens (tertiary/aromatic N) is 2. The van der Waals surface area contributed by atoms with Crippen molar-refractivity contribution in [2.45, 2.75) is 25.4 Å². The predicted molar refractivity (Wildman–Crippen MR) is 79.1 cm³/mol. The number of rotatable bonds is 2. The van der Waals surface area contributed by atoms with Crippen molar-refractivity contribution in [1.29, 1.82) is 0 Å². The van der Waals surface area contributed by atoms with Crippen molar-refractivity contribution in [3.05, 3.63) is 28.7 Å². The lowest BCUT2D eigenvalue weighted by atomic mass is 9.95. The highest BCUT2D eigenvalue weighted by Crippen LogP contribution is 2.28. The highest BCUT2D eigenvalue weighted by Gasteiger charge is 2.37. The maximum absolute atomic E-state index is 9.53. The molecule has 1 aromatic carbocycles. The highest BCUT2D eigenvalue weighted by atomic mass is 79.9. The molecule has 4 heteroatoms. The maximum Gasteiger partial charge on any atom is 0.0604 e. The van der Waals surface area contributed by atoms with Gasteiger partial charge >= 0.3 is 0 Å². The van der Waals surface area contributed by atoms with Crippen LogP contribution in [-0.2, 0) is 0 Å². The number of benzene rings is 1. The third kappa shape index (κ3) is 2.71. The van der Waals surface area contributed by atoms with Gasteiger partial charge in [0.25, 0.3) is 0 Å². The minimum Gasteiger partial charge on any atom is -0.395 e. The Morgan fingerprint density at radius 1 is 1.33 bits per heavy atom. The molecule has 0 radical (unpaired) electrons. The largest absolute Gasteiger partial charge is 0.395 e. The molecule has 0 aromatic heterocycles. The average Bonchev–Trinajstić information content (AvgIpc) is 2.33. The van der Waals surface area contributed by atoms with Crippen molar-refractivity contribution in [2.75, 3.05) is 31.6 Å². The van der Waals surface area contributed by atoms with Crippen molar-refractivity contribution in [2.24, 2.45) is 0 Å².